The van der Waals surface area contributed by atoms with Gasteiger partial charge >= 0.3 is 5.97 Å². The minimum absolute atomic E-state index is 0.332. The molecule has 0 aliphatic heterocycles. The van der Waals surface area contributed by atoms with Gasteiger partial charge in [-0.25, -0.2) is 4.79 Å². The second-order valence-corrected chi connectivity index (χ2v) is 5.67. The first kappa shape index (κ1) is 15.5. The predicted molar refractivity (Wildman–Crippen MR) is 77.2 cm³/mol. The molecule has 3 heteroatoms. The summed E-state index contributed by atoms with van der Waals surface area (Å²) in [7, 11) is 0. The maximum Gasteiger partial charge on any atom is 0.342 e. The van der Waals surface area contributed by atoms with Crippen molar-refractivity contribution in [3.63, 3.8) is 0 Å². The number of carbonyl (C=O) groups is 1. The number of esters is 1. The molecule has 0 radical (unpaired) electrons. The van der Waals surface area contributed by atoms with Gasteiger partial charge in [0.05, 0.1) is 0 Å². The van der Waals surface area contributed by atoms with Gasteiger partial charge in [0.25, 0.3) is 0 Å². The second kappa shape index (κ2) is 6.60. The summed E-state index contributed by atoms with van der Waals surface area (Å²) >= 11 is 0. The van der Waals surface area contributed by atoms with Crippen LogP contribution in [0.3, 0.4) is 0 Å². The molecule has 1 heterocycles. The number of aryl methyl sites for hydroxylation is 1. The number of ether oxygens (including phenoxy) is 1. The van der Waals surface area contributed by atoms with E-state index >= 15 is 0 Å². The average molecular weight is 264 g/mol. The Hall–Kier alpha value is -1.51. The number of hydrogen-bond donors (Lipinski definition) is 0. The summed E-state index contributed by atoms with van der Waals surface area (Å²) in [4.78, 5) is 12.0. The topological polar surface area (TPSA) is 39.4 Å². The fourth-order valence-corrected chi connectivity index (χ4v) is 1.64. The molecule has 0 bridgehead atoms. The molecule has 1 aromatic rings. The molecule has 0 aliphatic carbocycles. The Labute approximate surface area is 115 Å². The molecule has 0 aliphatic rings. The molecule has 0 N–H and O–H groups in total. The van der Waals surface area contributed by atoms with Crippen molar-refractivity contribution >= 4 is 12.0 Å². The molecule has 1 aromatic heterocycles. The van der Waals surface area contributed by atoms with Gasteiger partial charge in [0.1, 0.15) is 22.7 Å². The van der Waals surface area contributed by atoms with Gasteiger partial charge in [-0.2, -0.15) is 0 Å². The molecule has 0 saturated heterocycles. The van der Waals surface area contributed by atoms with Gasteiger partial charge in [-0.15, -0.1) is 0 Å². The van der Waals surface area contributed by atoms with Gasteiger partial charge in [-0.05, 0) is 46.3 Å². The van der Waals surface area contributed by atoms with Crippen LogP contribution in [-0.4, -0.2) is 11.6 Å². The van der Waals surface area contributed by atoms with Crippen LogP contribution >= 0.6 is 0 Å². The lowest BCUT2D eigenvalue weighted by molar-refractivity contribution is 0.00678. The summed E-state index contributed by atoms with van der Waals surface area (Å²) in [6.45, 7) is 9.50. The highest BCUT2D eigenvalue weighted by molar-refractivity contribution is 5.91. The molecule has 0 atom stereocenters. The Bertz CT molecular complexity index is 447. The zero-order chi connectivity index (χ0) is 14.5. The van der Waals surface area contributed by atoms with Crippen LogP contribution in [0.25, 0.3) is 6.08 Å². The van der Waals surface area contributed by atoms with E-state index in [1.807, 2.05) is 26.8 Å². The number of hydrogen-bond acceptors (Lipinski definition) is 3. The van der Waals surface area contributed by atoms with E-state index in [0.29, 0.717) is 17.1 Å². The Balaban J connectivity index is 2.74. The maximum atomic E-state index is 12.0. The van der Waals surface area contributed by atoms with Crippen LogP contribution in [0.2, 0.25) is 0 Å². The Morgan fingerprint density at radius 1 is 1.42 bits per heavy atom. The monoisotopic (exact) mass is 264 g/mol. The Morgan fingerprint density at radius 3 is 2.68 bits per heavy atom. The van der Waals surface area contributed by atoms with E-state index in [2.05, 4.69) is 13.0 Å². The van der Waals surface area contributed by atoms with E-state index < -0.39 is 5.60 Å². The molecule has 3 nitrogen and oxygen atoms in total. The molecule has 106 valence electrons. The van der Waals surface area contributed by atoms with E-state index in [9.17, 15) is 4.79 Å². The van der Waals surface area contributed by atoms with E-state index in [-0.39, 0.29) is 5.97 Å². The van der Waals surface area contributed by atoms with Gasteiger partial charge in [0.2, 0.25) is 0 Å². The Kier molecular flexibility index (Phi) is 5.40. The van der Waals surface area contributed by atoms with Gasteiger partial charge in [0, 0.05) is 0 Å². The van der Waals surface area contributed by atoms with Crippen molar-refractivity contribution in [2.45, 2.75) is 59.5 Å². The molecule has 0 unspecified atom stereocenters. The van der Waals surface area contributed by atoms with Crippen molar-refractivity contribution in [2.24, 2.45) is 0 Å². The highest BCUT2D eigenvalue weighted by atomic mass is 16.6. The third-order valence-electron chi connectivity index (χ3n) is 2.56. The summed E-state index contributed by atoms with van der Waals surface area (Å²) in [5, 5.41) is 0. The second-order valence-electron chi connectivity index (χ2n) is 5.67. The van der Waals surface area contributed by atoms with Crippen LogP contribution in [0.4, 0.5) is 0 Å². The molecular formula is C16H24O3. The van der Waals surface area contributed by atoms with Crippen LogP contribution in [0.15, 0.2) is 16.6 Å². The molecule has 0 aromatic carbocycles. The van der Waals surface area contributed by atoms with Gasteiger partial charge < -0.3 is 9.15 Å². The minimum Gasteiger partial charge on any atom is -0.461 e. The SMILES string of the molecule is CCCC/C=C/c1cc(C(=O)OC(C)(C)C)c(C)o1. The van der Waals surface area contributed by atoms with Crippen LogP contribution in [0, 0.1) is 6.92 Å². The van der Waals surface area contributed by atoms with E-state index in [4.69, 9.17) is 9.15 Å². The van der Waals surface area contributed by atoms with Crippen molar-refractivity contribution in [1.82, 2.24) is 0 Å². The van der Waals surface area contributed by atoms with Gasteiger partial charge in [-0.3, -0.25) is 0 Å². The predicted octanol–water partition coefficient (Wildman–Crippen LogP) is 4.75. The average Bonchev–Trinajstić information content (AvgIpc) is 2.64. The lowest BCUT2D eigenvalue weighted by Crippen LogP contribution is -2.23. The van der Waals surface area contributed by atoms with Crippen LogP contribution in [0.5, 0.6) is 0 Å². The first-order chi connectivity index (χ1) is 8.83. The lowest BCUT2D eigenvalue weighted by atomic mass is 10.2. The van der Waals surface area contributed by atoms with Crippen molar-refractivity contribution in [3.05, 3.63) is 29.2 Å². The summed E-state index contributed by atoms with van der Waals surface area (Å²) < 4.78 is 10.9. The molecule has 0 amide bonds. The molecule has 19 heavy (non-hydrogen) atoms. The summed E-state index contributed by atoms with van der Waals surface area (Å²) in [5.74, 6) is 0.973. The summed E-state index contributed by atoms with van der Waals surface area (Å²) in [6, 6.07) is 1.74. The number of furan rings is 1. The highest BCUT2D eigenvalue weighted by Crippen LogP contribution is 2.20. The van der Waals surface area contributed by atoms with E-state index in [1.165, 1.54) is 6.42 Å². The lowest BCUT2D eigenvalue weighted by Gasteiger charge is -2.18. The smallest absolute Gasteiger partial charge is 0.342 e. The third-order valence-corrected chi connectivity index (χ3v) is 2.56. The molecule has 0 spiro atoms. The summed E-state index contributed by atoms with van der Waals surface area (Å²) in [6.07, 6.45) is 7.34. The largest absolute Gasteiger partial charge is 0.461 e. The minimum atomic E-state index is -0.488. The van der Waals surface area contributed by atoms with E-state index in [0.717, 1.165) is 12.8 Å². The first-order valence-corrected chi connectivity index (χ1v) is 6.84. The number of allylic oxidation sites excluding steroid dienone is 1. The van der Waals surface area contributed by atoms with E-state index in [1.54, 1.807) is 13.0 Å². The van der Waals surface area contributed by atoms with Crippen molar-refractivity contribution in [1.29, 1.82) is 0 Å². The quantitative estimate of drug-likeness (QED) is 0.569. The zero-order valence-electron chi connectivity index (χ0n) is 12.6. The number of carbonyl (C=O) groups excluding carboxylic acids is 1. The fourth-order valence-electron chi connectivity index (χ4n) is 1.64. The van der Waals surface area contributed by atoms with Crippen LogP contribution < -0.4 is 0 Å². The molecular weight excluding hydrogens is 240 g/mol. The normalized spacial score (nSPS) is 12.1. The standard InChI is InChI=1S/C16H24O3/c1-6-7-8-9-10-13-11-14(12(2)18-13)15(17)19-16(3,4)5/h9-11H,6-8H2,1-5H3/b10-9+. The van der Waals surface area contributed by atoms with Gasteiger partial charge in [0.15, 0.2) is 0 Å². The first-order valence-electron chi connectivity index (χ1n) is 6.84. The zero-order valence-corrected chi connectivity index (χ0v) is 12.6. The van der Waals surface area contributed by atoms with Crippen molar-refractivity contribution in [2.75, 3.05) is 0 Å². The number of rotatable bonds is 5. The third kappa shape index (κ3) is 5.33. The van der Waals surface area contributed by atoms with Crippen LogP contribution in [-0.2, 0) is 4.74 Å². The molecule has 0 saturated carbocycles. The van der Waals surface area contributed by atoms with Crippen LogP contribution in [0.1, 0.15) is 68.8 Å². The van der Waals surface area contributed by atoms with Crippen molar-refractivity contribution in [3.8, 4) is 0 Å². The summed E-state index contributed by atoms with van der Waals surface area (Å²) in [5.41, 5.74) is 0.0165. The number of unbranched alkanes of at least 4 members (excludes halogenated alkanes) is 2. The molecule has 0 fully saturated rings. The Morgan fingerprint density at radius 2 is 2.11 bits per heavy atom. The maximum absolute atomic E-state index is 12.0. The van der Waals surface area contributed by atoms with Gasteiger partial charge in [-0.1, -0.05) is 25.8 Å². The van der Waals surface area contributed by atoms with Crippen molar-refractivity contribution < 1.29 is 13.9 Å². The fraction of sp³-hybridized carbons (Fsp3) is 0.562. The molecule has 1 rings (SSSR count). The highest BCUT2D eigenvalue weighted by Gasteiger charge is 2.21.